The van der Waals surface area contributed by atoms with Crippen molar-refractivity contribution in [1.82, 2.24) is 0 Å². The van der Waals surface area contributed by atoms with Gasteiger partial charge in [0.1, 0.15) is 11.5 Å². The number of benzene rings is 2. The number of methoxy groups -OCH3 is 2. The molecule has 0 amide bonds. The first-order valence-corrected chi connectivity index (χ1v) is 9.01. The summed E-state index contributed by atoms with van der Waals surface area (Å²) in [6, 6.07) is 14.5. The normalized spacial score (nSPS) is 15.3. The second kappa shape index (κ2) is 8.12. The van der Waals surface area contributed by atoms with E-state index in [-0.39, 0.29) is 5.92 Å². The molecule has 2 aromatic carbocycles. The second-order valence-electron chi connectivity index (χ2n) is 6.77. The Balaban J connectivity index is 1.97. The molecule has 2 aromatic rings. The van der Waals surface area contributed by atoms with Gasteiger partial charge in [0.05, 0.1) is 20.1 Å². The summed E-state index contributed by atoms with van der Waals surface area (Å²) in [5.41, 5.74) is 3.51. The van der Waals surface area contributed by atoms with Crippen molar-refractivity contribution in [2.45, 2.75) is 38.5 Å². The number of hydrogen-bond donors (Lipinski definition) is 0. The second-order valence-corrected chi connectivity index (χ2v) is 6.77. The first-order valence-electron chi connectivity index (χ1n) is 9.01. The molecule has 2 heteroatoms. The summed E-state index contributed by atoms with van der Waals surface area (Å²) in [4.78, 5) is 0. The Bertz CT molecular complexity index is 759. The van der Waals surface area contributed by atoms with E-state index in [0.717, 1.165) is 17.1 Å². The molecule has 0 heterocycles. The summed E-state index contributed by atoms with van der Waals surface area (Å²) < 4.78 is 11.0. The average Bonchev–Trinajstić information content (AvgIpc) is 3.18. The Morgan fingerprint density at radius 1 is 0.960 bits per heavy atom. The summed E-state index contributed by atoms with van der Waals surface area (Å²) in [5.74, 6) is 9.43. The van der Waals surface area contributed by atoms with Gasteiger partial charge in [-0.15, -0.1) is 0 Å². The van der Waals surface area contributed by atoms with E-state index >= 15 is 0 Å². The van der Waals surface area contributed by atoms with Crippen molar-refractivity contribution in [3.05, 3.63) is 59.2 Å². The lowest BCUT2D eigenvalue weighted by atomic mass is 9.84. The fourth-order valence-corrected chi connectivity index (χ4v) is 3.61. The van der Waals surface area contributed by atoms with Crippen LogP contribution < -0.4 is 9.47 Å². The van der Waals surface area contributed by atoms with Crippen LogP contribution >= 0.6 is 0 Å². The largest absolute Gasteiger partial charge is 0.497 e. The van der Waals surface area contributed by atoms with Crippen LogP contribution in [-0.2, 0) is 0 Å². The van der Waals surface area contributed by atoms with Crippen LogP contribution in [0.5, 0.6) is 11.5 Å². The van der Waals surface area contributed by atoms with Gasteiger partial charge in [-0.3, -0.25) is 0 Å². The van der Waals surface area contributed by atoms with Gasteiger partial charge in [0.25, 0.3) is 0 Å². The zero-order valence-corrected chi connectivity index (χ0v) is 15.3. The summed E-state index contributed by atoms with van der Waals surface area (Å²) in [6.45, 7) is 2.10. The predicted octanol–water partition coefficient (Wildman–Crippen LogP) is 5.34. The quantitative estimate of drug-likeness (QED) is 0.703. The molecule has 1 atom stereocenters. The third kappa shape index (κ3) is 4.17. The van der Waals surface area contributed by atoms with E-state index in [2.05, 4.69) is 49.1 Å². The molecule has 2 nitrogen and oxygen atoms in total. The summed E-state index contributed by atoms with van der Waals surface area (Å²) in [6.07, 6.45) is 5.07. The van der Waals surface area contributed by atoms with Crippen LogP contribution in [0, 0.1) is 24.7 Å². The smallest absolute Gasteiger partial charge is 0.127 e. The summed E-state index contributed by atoms with van der Waals surface area (Å²) in [5, 5.41) is 0. The van der Waals surface area contributed by atoms with Gasteiger partial charge in [0, 0.05) is 17.2 Å². The Morgan fingerprint density at radius 3 is 2.32 bits per heavy atom. The van der Waals surface area contributed by atoms with Crippen molar-refractivity contribution in [3.8, 4) is 23.3 Å². The van der Waals surface area contributed by atoms with E-state index in [1.165, 1.54) is 36.8 Å². The maximum absolute atomic E-state index is 5.65. The minimum absolute atomic E-state index is 0.199. The van der Waals surface area contributed by atoms with Crippen LogP contribution in [0.3, 0.4) is 0 Å². The summed E-state index contributed by atoms with van der Waals surface area (Å²) >= 11 is 0. The Labute approximate surface area is 151 Å². The van der Waals surface area contributed by atoms with Gasteiger partial charge in [-0.1, -0.05) is 48.4 Å². The molecule has 1 aliphatic rings. The van der Waals surface area contributed by atoms with E-state index in [4.69, 9.17) is 9.47 Å². The van der Waals surface area contributed by atoms with Crippen molar-refractivity contribution in [3.63, 3.8) is 0 Å². The van der Waals surface area contributed by atoms with Crippen LogP contribution in [0.25, 0.3) is 0 Å². The van der Waals surface area contributed by atoms with Gasteiger partial charge in [0.2, 0.25) is 0 Å². The Hall–Kier alpha value is -2.40. The molecule has 1 aliphatic carbocycles. The molecular formula is C23H26O2. The van der Waals surface area contributed by atoms with Gasteiger partial charge in [-0.25, -0.2) is 0 Å². The molecule has 0 aliphatic heterocycles. The van der Waals surface area contributed by atoms with Gasteiger partial charge in [0.15, 0.2) is 0 Å². The van der Waals surface area contributed by atoms with Crippen molar-refractivity contribution < 1.29 is 9.47 Å². The van der Waals surface area contributed by atoms with Crippen LogP contribution in [-0.4, -0.2) is 14.2 Å². The highest BCUT2D eigenvalue weighted by Crippen LogP contribution is 2.41. The van der Waals surface area contributed by atoms with Gasteiger partial charge < -0.3 is 9.47 Å². The molecule has 0 bridgehead atoms. The number of aryl methyl sites for hydroxylation is 1. The highest BCUT2D eigenvalue weighted by molar-refractivity contribution is 5.47. The fourth-order valence-electron chi connectivity index (χ4n) is 3.61. The number of ether oxygens (including phenoxy) is 2. The third-order valence-electron chi connectivity index (χ3n) is 5.07. The molecule has 0 aromatic heterocycles. The minimum Gasteiger partial charge on any atom is -0.497 e. The average molecular weight is 334 g/mol. The third-order valence-corrected chi connectivity index (χ3v) is 5.07. The predicted molar refractivity (Wildman–Crippen MR) is 102 cm³/mol. The number of rotatable bonds is 4. The van der Waals surface area contributed by atoms with Crippen molar-refractivity contribution in [1.29, 1.82) is 0 Å². The van der Waals surface area contributed by atoms with Crippen LogP contribution in [0.15, 0.2) is 42.5 Å². The Morgan fingerprint density at radius 2 is 1.68 bits per heavy atom. The van der Waals surface area contributed by atoms with Crippen LogP contribution in [0.2, 0.25) is 0 Å². The molecular weight excluding hydrogens is 308 g/mol. The molecule has 0 N–H and O–H groups in total. The summed E-state index contributed by atoms with van der Waals surface area (Å²) in [7, 11) is 3.40. The monoisotopic (exact) mass is 334 g/mol. The molecule has 0 radical (unpaired) electrons. The van der Waals surface area contributed by atoms with Crippen LogP contribution in [0.4, 0.5) is 0 Å². The highest BCUT2D eigenvalue weighted by atomic mass is 16.5. The SMILES string of the molecule is COc1ccc(C(C#Cc2ccc(C)cc2)C2CCCC2)c(OC)c1. The lowest BCUT2D eigenvalue weighted by Gasteiger charge is -2.21. The van der Waals surface area contributed by atoms with E-state index < -0.39 is 0 Å². The molecule has 1 fully saturated rings. The topological polar surface area (TPSA) is 18.5 Å². The number of hydrogen-bond acceptors (Lipinski definition) is 2. The maximum Gasteiger partial charge on any atom is 0.127 e. The van der Waals surface area contributed by atoms with Crippen molar-refractivity contribution in [2.24, 2.45) is 5.92 Å². The maximum atomic E-state index is 5.65. The molecule has 25 heavy (non-hydrogen) atoms. The standard InChI is InChI=1S/C23H26O2/c1-17-8-10-18(11-9-17)12-14-21(19-6-4-5-7-19)22-15-13-20(24-2)16-23(22)25-3/h8-11,13,15-16,19,21H,4-7H2,1-3H3. The lowest BCUT2D eigenvalue weighted by molar-refractivity contribution is 0.384. The molecule has 130 valence electrons. The first-order chi connectivity index (χ1) is 12.2. The van der Waals surface area contributed by atoms with E-state index in [9.17, 15) is 0 Å². The first kappa shape index (κ1) is 17.4. The fraction of sp³-hybridized carbons (Fsp3) is 0.391. The van der Waals surface area contributed by atoms with Gasteiger partial charge >= 0.3 is 0 Å². The van der Waals surface area contributed by atoms with Gasteiger partial charge in [-0.2, -0.15) is 0 Å². The highest BCUT2D eigenvalue weighted by Gasteiger charge is 2.27. The van der Waals surface area contributed by atoms with E-state index in [0.29, 0.717) is 5.92 Å². The molecule has 3 rings (SSSR count). The Kier molecular flexibility index (Phi) is 5.66. The molecule has 0 spiro atoms. The molecule has 1 saturated carbocycles. The van der Waals surface area contributed by atoms with Crippen molar-refractivity contribution >= 4 is 0 Å². The minimum atomic E-state index is 0.199. The van der Waals surface area contributed by atoms with E-state index in [1.54, 1.807) is 14.2 Å². The zero-order chi connectivity index (χ0) is 17.6. The molecule has 0 saturated heterocycles. The van der Waals surface area contributed by atoms with Crippen LogP contribution in [0.1, 0.15) is 48.3 Å². The lowest BCUT2D eigenvalue weighted by Crippen LogP contribution is -2.09. The van der Waals surface area contributed by atoms with Gasteiger partial charge in [-0.05, 0) is 43.9 Å². The molecule has 1 unspecified atom stereocenters. The zero-order valence-electron chi connectivity index (χ0n) is 15.3. The van der Waals surface area contributed by atoms with Crippen molar-refractivity contribution in [2.75, 3.05) is 14.2 Å². The van der Waals surface area contributed by atoms with E-state index in [1.807, 2.05) is 12.1 Å².